The fourth-order valence-corrected chi connectivity index (χ4v) is 5.10. The van der Waals surface area contributed by atoms with Gasteiger partial charge in [-0.2, -0.15) is 0 Å². The Labute approximate surface area is 129 Å². The van der Waals surface area contributed by atoms with Crippen LogP contribution < -0.4 is 0 Å². The molecule has 2 N–H and O–H groups in total. The molecule has 5 atom stereocenters. The van der Waals surface area contributed by atoms with Crippen LogP contribution in [0.25, 0.3) is 0 Å². The normalized spacial score (nSPS) is 43.4. The summed E-state index contributed by atoms with van der Waals surface area (Å²) in [5, 5.41) is 21.0. The van der Waals surface area contributed by atoms with Crippen LogP contribution in [0.3, 0.4) is 0 Å². The number of aliphatic hydroxyl groups excluding tert-OH is 2. The van der Waals surface area contributed by atoms with Gasteiger partial charge in [0, 0.05) is 18.0 Å². The number of piperidine rings is 1. The first kappa shape index (κ1) is 15.8. The molecule has 0 spiro atoms. The Kier molecular flexibility index (Phi) is 5.58. The van der Waals surface area contributed by atoms with E-state index in [9.17, 15) is 10.2 Å². The van der Waals surface area contributed by atoms with E-state index in [0.29, 0.717) is 18.0 Å². The molecule has 1 aliphatic heterocycles. The molecule has 1 heterocycles. The first-order valence-corrected chi connectivity index (χ1v) is 9.39. The standard InChI is InChI=1S/C18H33NO2/c20-17-11-5-4-8-14(17)15-9-6-7-13-19(15)16-10-2-1-3-12-18(16)21/h14-18,20-21H,1-13H2. The lowest BCUT2D eigenvalue weighted by Crippen LogP contribution is -2.55. The highest BCUT2D eigenvalue weighted by Crippen LogP contribution is 2.37. The predicted octanol–water partition coefficient (Wildman–Crippen LogP) is 3.09. The van der Waals surface area contributed by atoms with Crippen molar-refractivity contribution in [2.24, 2.45) is 5.92 Å². The minimum Gasteiger partial charge on any atom is -0.393 e. The quantitative estimate of drug-likeness (QED) is 0.769. The Morgan fingerprint density at radius 2 is 1.19 bits per heavy atom. The zero-order valence-electron chi connectivity index (χ0n) is 13.4. The lowest BCUT2D eigenvalue weighted by molar-refractivity contribution is -0.0518. The Balaban J connectivity index is 1.73. The van der Waals surface area contributed by atoms with Crippen LogP contribution >= 0.6 is 0 Å². The molecule has 2 aliphatic carbocycles. The summed E-state index contributed by atoms with van der Waals surface area (Å²) in [5.41, 5.74) is 0. The zero-order valence-corrected chi connectivity index (χ0v) is 13.4. The van der Waals surface area contributed by atoms with Crippen molar-refractivity contribution < 1.29 is 10.2 Å². The van der Waals surface area contributed by atoms with Crippen LogP contribution in [0.2, 0.25) is 0 Å². The summed E-state index contributed by atoms with van der Waals surface area (Å²) < 4.78 is 0. The molecule has 3 aliphatic rings. The molecule has 0 aromatic carbocycles. The summed E-state index contributed by atoms with van der Waals surface area (Å²) >= 11 is 0. The van der Waals surface area contributed by atoms with Gasteiger partial charge in [-0.1, -0.05) is 38.5 Å². The van der Waals surface area contributed by atoms with E-state index in [4.69, 9.17) is 0 Å². The van der Waals surface area contributed by atoms with E-state index in [1.807, 2.05) is 0 Å². The van der Waals surface area contributed by atoms with Crippen molar-refractivity contribution in [3.05, 3.63) is 0 Å². The van der Waals surface area contributed by atoms with E-state index < -0.39 is 0 Å². The van der Waals surface area contributed by atoms with E-state index >= 15 is 0 Å². The van der Waals surface area contributed by atoms with Crippen molar-refractivity contribution in [2.45, 2.75) is 101 Å². The molecule has 3 rings (SSSR count). The van der Waals surface area contributed by atoms with Crippen LogP contribution in [-0.2, 0) is 0 Å². The van der Waals surface area contributed by atoms with Crippen LogP contribution in [-0.4, -0.2) is 45.9 Å². The number of hydrogen-bond acceptors (Lipinski definition) is 3. The summed E-state index contributed by atoms with van der Waals surface area (Å²) in [6.45, 7) is 1.13. The monoisotopic (exact) mass is 295 g/mol. The van der Waals surface area contributed by atoms with Crippen LogP contribution in [0.15, 0.2) is 0 Å². The molecule has 1 saturated heterocycles. The van der Waals surface area contributed by atoms with E-state index in [0.717, 1.165) is 25.8 Å². The first-order valence-electron chi connectivity index (χ1n) is 9.39. The molecule has 0 bridgehead atoms. The number of hydrogen-bond donors (Lipinski definition) is 2. The highest BCUT2D eigenvalue weighted by molar-refractivity contribution is 4.94. The van der Waals surface area contributed by atoms with Crippen molar-refractivity contribution in [3.63, 3.8) is 0 Å². The van der Waals surface area contributed by atoms with Gasteiger partial charge in [0.25, 0.3) is 0 Å². The molecule has 3 heteroatoms. The molecule has 3 fully saturated rings. The van der Waals surface area contributed by atoms with Crippen LogP contribution in [0.1, 0.15) is 77.0 Å². The molecule has 2 saturated carbocycles. The summed E-state index contributed by atoms with van der Waals surface area (Å²) in [5.74, 6) is 0.453. The molecular formula is C18H33NO2. The average Bonchev–Trinajstić information content (AvgIpc) is 2.72. The van der Waals surface area contributed by atoms with Gasteiger partial charge in [0.1, 0.15) is 0 Å². The third-order valence-corrected chi connectivity index (χ3v) is 6.24. The second kappa shape index (κ2) is 7.43. The fraction of sp³-hybridized carbons (Fsp3) is 1.00. The summed E-state index contributed by atoms with van der Waals surface area (Å²) in [6, 6.07) is 0.874. The van der Waals surface area contributed by atoms with Gasteiger partial charge < -0.3 is 10.2 Å². The second-order valence-electron chi connectivity index (χ2n) is 7.59. The summed E-state index contributed by atoms with van der Waals surface area (Å²) in [4.78, 5) is 2.62. The van der Waals surface area contributed by atoms with Crippen LogP contribution in [0, 0.1) is 5.92 Å². The van der Waals surface area contributed by atoms with Crippen molar-refractivity contribution >= 4 is 0 Å². The van der Waals surface area contributed by atoms with Gasteiger partial charge in [0.15, 0.2) is 0 Å². The van der Waals surface area contributed by atoms with E-state index in [2.05, 4.69) is 4.90 Å². The molecule has 0 radical (unpaired) electrons. The van der Waals surface area contributed by atoms with Crippen molar-refractivity contribution in [2.75, 3.05) is 6.54 Å². The number of likely N-dealkylation sites (tertiary alicyclic amines) is 1. The van der Waals surface area contributed by atoms with E-state index in [1.165, 1.54) is 57.8 Å². The van der Waals surface area contributed by atoms with Crippen molar-refractivity contribution in [3.8, 4) is 0 Å². The van der Waals surface area contributed by atoms with Gasteiger partial charge in [0.05, 0.1) is 12.2 Å². The first-order chi connectivity index (χ1) is 10.3. The van der Waals surface area contributed by atoms with Gasteiger partial charge in [-0.15, -0.1) is 0 Å². The summed E-state index contributed by atoms with van der Waals surface area (Å²) in [6.07, 6.45) is 14.0. The topological polar surface area (TPSA) is 43.7 Å². The third kappa shape index (κ3) is 3.62. The van der Waals surface area contributed by atoms with E-state index in [1.54, 1.807) is 0 Å². The second-order valence-corrected chi connectivity index (χ2v) is 7.59. The molecule has 122 valence electrons. The molecule has 5 unspecified atom stereocenters. The Bertz CT molecular complexity index is 322. The molecule has 21 heavy (non-hydrogen) atoms. The lowest BCUT2D eigenvalue weighted by Gasteiger charge is -2.48. The minimum absolute atomic E-state index is 0.104. The van der Waals surface area contributed by atoms with Gasteiger partial charge >= 0.3 is 0 Å². The fourth-order valence-electron chi connectivity index (χ4n) is 5.10. The SMILES string of the molecule is OC1CCCCC1C1CCCCN1C1CCCCCC1O. The third-order valence-electron chi connectivity index (χ3n) is 6.24. The van der Waals surface area contributed by atoms with Gasteiger partial charge in [-0.25, -0.2) is 0 Å². The van der Waals surface area contributed by atoms with E-state index in [-0.39, 0.29) is 12.2 Å². The number of nitrogens with zero attached hydrogens (tertiary/aromatic N) is 1. The maximum absolute atomic E-state index is 10.6. The Morgan fingerprint density at radius 1 is 0.571 bits per heavy atom. The molecule has 3 nitrogen and oxygen atoms in total. The van der Waals surface area contributed by atoms with Gasteiger partial charge in [-0.3, -0.25) is 4.90 Å². The highest BCUT2D eigenvalue weighted by atomic mass is 16.3. The molecule has 0 aromatic heterocycles. The van der Waals surface area contributed by atoms with Crippen LogP contribution in [0.5, 0.6) is 0 Å². The Hall–Kier alpha value is -0.120. The molecule has 0 amide bonds. The lowest BCUT2D eigenvalue weighted by atomic mass is 9.77. The number of rotatable bonds is 2. The molecular weight excluding hydrogens is 262 g/mol. The predicted molar refractivity (Wildman–Crippen MR) is 85.2 cm³/mol. The van der Waals surface area contributed by atoms with Crippen LogP contribution in [0.4, 0.5) is 0 Å². The number of aliphatic hydroxyl groups is 2. The largest absolute Gasteiger partial charge is 0.393 e. The Morgan fingerprint density at radius 3 is 2.05 bits per heavy atom. The maximum Gasteiger partial charge on any atom is 0.0695 e. The van der Waals surface area contributed by atoms with Gasteiger partial charge in [0.2, 0.25) is 0 Å². The maximum atomic E-state index is 10.6. The summed E-state index contributed by atoms with van der Waals surface area (Å²) in [7, 11) is 0. The minimum atomic E-state index is -0.145. The highest BCUT2D eigenvalue weighted by Gasteiger charge is 2.40. The van der Waals surface area contributed by atoms with Crippen molar-refractivity contribution in [1.29, 1.82) is 0 Å². The zero-order chi connectivity index (χ0) is 14.7. The average molecular weight is 295 g/mol. The van der Waals surface area contributed by atoms with Gasteiger partial charge in [-0.05, 0) is 45.1 Å². The van der Waals surface area contributed by atoms with Crippen molar-refractivity contribution in [1.82, 2.24) is 4.90 Å². The smallest absolute Gasteiger partial charge is 0.0695 e. The molecule has 0 aromatic rings.